The van der Waals surface area contributed by atoms with E-state index in [9.17, 15) is 0 Å². The predicted molar refractivity (Wildman–Crippen MR) is 140 cm³/mol. The van der Waals surface area contributed by atoms with E-state index in [0.717, 1.165) is 18.3 Å². The summed E-state index contributed by atoms with van der Waals surface area (Å²) in [5.74, 6) is 4.20. The Morgan fingerprint density at radius 3 is 0.786 bits per heavy atom. The average Bonchev–Trinajstić information content (AvgIpc) is 2.62. The van der Waals surface area contributed by atoms with Crippen LogP contribution in [0, 0.1) is 29.6 Å². The van der Waals surface area contributed by atoms with Crippen molar-refractivity contribution >= 4 is 0 Å². The molecular formula is C28H64. The van der Waals surface area contributed by atoms with Gasteiger partial charge in [0.05, 0.1) is 0 Å². The topological polar surface area (TPSA) is 0 Å². The van der Waals surface area contributed by atoms with Crippen LogP contribution in [0.15, 0.2) is 0 Å². The summed E-state index contributed by atoms with van der Waals surface area (Å²) in [7, 11) is 0. The minimum Gasteiger partial charge on any atom is -0.120 e. The first-order valence-electron chi connectivity index (χ1n) is 12.2. The Bertz CT molecular complexity index is 203. The summed E-state index contributed by atoms with van der Waals surface area (Å²) in [6, 6.07) is 0. The van der Waals surface area contributed by atoms with Crippen LogP contribution in [0.3, 0.4) is 0 Å². The van der Waals surface area contributed by atoms with Gasteiger partial charge in [-0.3, -0.25) is 0 Å². The number of hydrogen-bond donors (Lipinski definition) is 0. The maximum Gasteiger partial charge on any atom is 0.00576 e. The SMILES string of the molecule is C#CCC.CC(C)(C)C.CCC(C)C.CCC(C)C.CCCC.CCCCC. The number of unbranched alkanes of at least 4 members (excludes halogenated alkanes) is 3. The third-order valence-electron chi connectivity index (χ3n) is 3.04. The van der Waals surface area contributed by atoms with Gasteiger partial charge < -0.3 is 0 Å². The highest BCUT2D eigenvalue weighted by Crippen LogP contribution is 2.08. The van der Waals surface area contributed by atoms with Gasteiger partial charge >= 0.3 is 0 Å². The molecule has 0 saturated carbocycles. The summed E-state index contributed by atoms with van der Waals surface area (Å²) in [4.78, 5) is 0. The predicted octanol–water partition coefficient (Wildman–Crippen LogP) is 11.2. The first-order valence-corrected chi connectivity index (χ1v) is 12.2. The Kier molecular flexibility index (Phi) is 61.3. The first-order chi connectivity index (χ1) is 12.8. The van der Waals surface area contributed by atoms with Crippen molar-refractivity contribution < 1.29 is 0 Å². The molecule has 0 saturated heterocycles. The van der Waals surface area contributed by atoms with Crippen LogP contribution in [0.4, 0.5) is 0 Å². The van der Waals surface area contributed by atoms with E-state index in [0.29, 0.717) is 5.41 Å². The molecule has 0 spiro atoms. The molecule has 0 aliphatic carbocycles. The van der Waals surface area contributed by atoms with E-state index in [1.807, 2.05) is 6.92 Å². The fourth-order valence-corrected chi connectivity index (χ4v) is 0.354. The molecule has 0 nitrogen and oxygen atoms in total. The van der Waals surface area contributed by atoms with Crippen molar-refractivity contribution in [1.82, 2.24) is 0 Å². The third-order valence-corrected chi connectivity index (χ3v) is 3.04. The maximum atomic E-state index is 4.78. The smallest absolute Gasteiger partial charge is 0.00576 e. The highest BCUT2D eigenvalue weighted by Gasteiger charge is 1.95. The highest BCUT2D eigenvalue weighted by molar-refractivity contribution is 4.80. The van der Waals surface area contributed by atoms with Crippen LogP contribution in [-0.4, -0.2) is 0 Å². The van der Waals surface area contributed by atoms with Gasteiger partial charge in [0.15, 0.2) is 0 Å². The summed E-state index contributed by atoms with van der Waals surface area (Å²) < 4.78 is 0. The lowest BCUT2D eigenvalue weighted by Crippen LogP contribution is -1.93. The van der Waals surface area contributed by atoms with Crippen molar-refractivity contribution in [2.45, 2.75) is 155 Å². The van der Waals surface area contributed by atoms with Crippen LogP contribution in [0.25, 0.3) is 0 Å². The molecule has 0 rings (SSSR count). The zero-order chi connectivity index (χ0) is 24.0. The van der Waals surface area contributed by atoms with Gasteiger partial charge in [0, 0.05) is 6.42 Å². The summed E-state index contributed by atoms with van der Waals surface area (Å²) in [5, 5.41) is 0. The van der Waals surface area contributed by atoms with Crippen LogP contribution in [0.2, 0.25) is 0 Å². The lowest BCUT2D eigenvalue weighted by molar-refractivity contribution is 0.469. The molecule has 0 atom stereocenters. The molecular weight excluding hydrogens is 336 g/mol. The van der Waals surface area contributed by atoms with Gasteiger partial charge in [-0.1, -0.05) is 149 Å². The molecule has 0 aromatic carbocycles. The Hall–Kier alpha value is -0.440. The molecule has 0 aliphatic heterocycles. The van der Waals surface area contributed by atoms with E-state index >= 15 is 0 Å². The molecule has 0 N–H and O–H groups in total. The minimum atomic E-state index is 0.500. The van der Waals surface area contributed by atoms with Crippen LogP contribution < -0.4 is 0 Å². The summed E-state index contributed by atoms with van der Waals surface area (Å²) in [6.07, 6.45) is 15.0. The zero-order valence-corrected chi connectivity index (χ0v) is 23.4. The first kappa shape index (κ1) is 41.8. The summed E-state index contributed by atoms with van der Waals surface area (Å²) in [5.41, 5.74) is 0.500. The number of hydrogen-bond acceptors (Lipinski definition) is 0. The van der Waals surface area contributed by atoms with E-state index in [-0.39, 0.29) is 0 Å². The Balaban J connectivity index is -0.0000000520. The van der Waals surface area contributed by atoms with Crippen molar-refractivity contribution in [1.29, 1.82) is 0 Å². The van der Waals surface area contributed by atoms with Gasteiger partial charge in [-0.2, -0.15) is 0 Å². The quantitative estimate of drug-likeness (QED) is 0.402. The van der Waals surface area contributed by atoms with Crippen LogP contribution in [0.1, 0.15) is 155 Å². The second-order valence-corrected chi connectivity index (χ2v) is 9.52. The second-order valence-electron chi connectivity index (χ2n) is 9.52. The van der Waals surface area contributed by atoms with Crippen LogP contribution in [0.5, 0.6) is 0 Å². The molecule has 0 fully saturated rings. The molecule has 28 heavy (non-hydrogen) atoms. The van der Waals surface area contributed by atoms with E-state index in [1.165, 1.54) is 44.9 Å². The minimum absolute atomic E-state index is 0.500. The number of terminal acetylenes is 1. The fraction of sp³-hybridized carbons (Fsp3) is 0.929. The Labute approximate surface area is 185 Å². The lowest BCUT2D eigenvalue weighted by Gasteiger charge is -2.05. The van der Waals surface area contributed by atoms with Crippen molar-refractivity contribution in [3.63, 3.8) is 0 Å². The van der Waals surface area contributed by atoms with Crippen molar-refractivity contribution in [2.24, 2.45) is 17.3 Å². The van der Waals surface area contributed by atoms with E-state index in [4.69, 9.17) is 6.42 Å². The van der Waals surface area contributed by atoms with Crippen molar-refractivity contribution in [2.75, 3.05) is 0 Å². The molecule has 0 heteroatoms. The largest absolute Gasteiger partial charge is 0.120 e. The maximum absolute atomic E-state index is 4.78. The van der Waals surface area contributed by atoms with E-state index in [1.54, 1.807) is 0 Å². The van der Waals surface area contributed by atoms with Gasteiger partial charge in [-0.05, 0) is 17.3 Å². The molecule has 0 aromatic heterocycles. The van der Waals surface area contributed by atoms with Gasteiger partial charge in [0.2, 0.25) is 0 Å². The fourth-order valence-electron chi connectivity index (χ4n) is 0.354. The van der Waals surface area contributed by atoms with Crippen LogP contribution >= 0.6 is 0 Å². The molecule has 0 radical (unpaired) electrons. The Morgan fingerprint density at radius 2 is 0.786 bits per heavy atom. The second kappa shape index (κ2) is 41.0. The Morgan fingerprint density at radius 1 is 0.607 bits per heavy atom. The average molecular weight is 401 g/mol. The standard InChI is InChI=1S/4C5H12.C4H10.C4H6/c1-5(2,3)4;2*1-4-5(2)3;1-3-5-4-2;2*1-3-4-2/h1-4H3;2*5H,4H2,1-3H3;3-5H2,1-2H3;3-4H2,1-2H3;1H,4H2,2H3. The van der Waals surface area contributed by atoms with Gasteiger partial charge in [0.25, 0.3) is 0 Å². The molecule has 0 amide bonds. The van der Waals surface area contributed by atoms with Gasteiger partial charge in [-0.25, -0.2) is 0 Å². The van der Waals surface area contributed by atoms with E-state index in [2.05, 4.69) is 103 Å². The molecule has 176 valence electrons. The van der Waals surface area contributed by atoms with E-state index < -0.39 is 0 Å². The monoisotopic (exact) mass is 401 g/mol. The third kappa shape index (κ3) is 270. The zero-order valence-electron chi connectivity index (χ0n) is 23.4. The van der Waals surface area contributed by atoms with Gasteiger partial charge in [0.1, 0.15) is 0 Å². The molecule has 0 heterocycles. The highest BCUT2D eigenvalue weighted by atomic mass is 14.0. The lowest BCUT2D eigenvalue weighted by atomic mass is 10.0. The molecule has 0 bridgehead atoms. The molecule has 0 aromatic rings. The summed E-state index contributed by atoms with van der Waals surface area (Å²) in [6.45, 7) is 32.8. The van der Waals surface area contributed by atoms with Crippen molar-refractivity contribution in [3.05, 3.63) is 0 Å². The van der Waals surface area contributed by atoms with Crippen molar-refractivity contribution in [3.8, 4) is 12.3 Å². The number of rotatable bonds is 5. The molecule has 0 aliphatic rings. The summed E-state index contributed by atoms with van der Waals surface area (Å²) >= 11 is 0. The normalized spacial score (nSPS) is 8.86. The van der Waals surface area contributed by atoms with Gasteiger partial charge in [-0.15, -0.1) is 12.3 Å². The van der Waals surface area contributed by atoms with Crippen LogP contribution in [-0.2, 0) is 0 Å². The molecule has 0 unspecified atom stereocenters.